The summed E-state index contributed by atoms with van der Waals surface area (Å²) in [6, 6.07) is 19.8. The molecule has 2 N–H and O–H groups in total. The van der Waals surface area contributed by atoms with Gasteiger partial charge in [0.25, 0.3) is 0 Å². The van der Waals surface area contributed by atoms with Crippen LogP contribution in [0.3, 0.4) is 0 Å². The van der Waals surface area contributed by atoms with Gasteiger partial charge in [-0.2, -0.15) is 0 Å². The first-order valence-electron chi connectivity index (χ1n) is 17.9. The molecule has 4 aromatic carbocycles. The zero-order valence-corrected chi connectivity index (χ0v) is 33.1. The highest BCUT2D eigenvalue weighted by atomic mass is 79.9. The second-order valence-electron chi connectivity index (χ2n) is 12.2. The summed E-state index contributed by atoms with van der Waals surface area (Å²) in [6.45, 7) is 10.0. The van der Waals surface area contributed by atoms with E-state index in [4.69, 9.17) is 35.3 Å². The number of benzene rings is 4. The molecule has 15 heteroatoms. The lowest BCUT2D eigenvalue weighted by Gasteiger charge is -2.26. The molecule has 288 valence electrons. The van der Waals surface area contributed by atoms with Gasteiger partial charge in [-0.25, -0.2) is 24.3 Å². The molecule has 0 atom stereocenters. The molecule has 1 aliphatic heterocycles. The van der Waals surface area contributed by atoms with E-state index in [-0.39, 0.29) is 5.02 Å². The van der Waals surface area contributed by atoms with Gasteiger partial charge in [0.05, 0.1) is 56.2 Å². The Hall–Kier alpha value is -5.02. The zero-order chi connectivity index (χ0) is 38.6. The van der Waals surface area contributed by atoms with Crippen LogP contribution in [0.5, 0.6) is 23.0 Å². The summed E-state index contributed by atoms with van der Waals surface area (Å²) in [5, 5.41) is 8.18. The van der Waals surface area contributed by atoms with Crippen molar-refractivity contribution in [2.24, 2.45) is 0 Å². The largest absolute Gasteiger partial charge is 0.493 e. The molecule has 12 nitrogen and oxygen atoms in total. The molecule has 0 unspecified atom stereocenters. The van der Waals surface area contributed by atoms with Crippen molar-refractivity contribution >= 4 is 72.3 Å². The van der Waals surface area contributed by atoms with Crippen LogP contribution < -0.4 is 29.6 Å². The normalized spacial score (nSPS) is 12.8. The topological polar surface area (TPSA) is 125 Å². The van der Waals surface area contributed by atoms with E-state index in [1.54, 1.807) is 19.5 Å². The van der Waals surface area contributed by atoms with Gasteiger partial charge in [0.15, 0.2) is 23.0 Å². The van der Waals surface area contributed by atoms with Crippen molar-refractivity contribution < 1.29 is 28.1 Å². The fourth-order valence-electron chi connectivity index (χ4n) is 5.84. The summed E-state index contributed by atoms with van der Waals surface area (Å²) in [6.07, 6.45) is 3.89. The van der Waals surface area contributed by atoms with E-state index in [2.05, 4.69) is 51.4 Å². The van der Waals surface area contributed by atoms with Gasteiger partial charge in [0.1, 0.15) is 30.1 Å². The third kappa shape index (κ3) is 10.6. The van der Waals surface area contributed by atoms with E-state index >= 15 is 0 Å². The van der Waals surface area contributed by atoms with E-state index in [1.807, 2.05) is 62.4 Å². The van der Waals surface area contributed by atoms with Crippen LogP contribution in [0.15, 0.2) is 83.9 Å². The maximum Gasteiger partial charge on any atom is 0.163 e. The highest BCUT2D eigenvalue weighted by Crippen LogP contribution is 2.36. The van der Waals surface area contributed by atoms with E-state index in [9.17, 15) is 4.39 Å². The molecule has 6 aromatic rings. The zero-order valence-electron chi connectivity index (χ0n) is 30.8. The van der Waals surface area contributed by atoms with Crippen LogP contribution in [0.2, 0.25) is 5.02 Å². The Kier molecular flexibility index (Phi) is 14.1. The molecule has 0 aliphatic carbocycles. The van der Waals surface area contributed by atoms with Crippen LogP contribution in [0, 0.1) is 5.82 Å². The Morgan fingerprint density at radius 1 is 0.764 bits per heavy atom. The number of anilines is 4. The fraction of sp³-hybridized carbons (Fsp3) is 0.300. The lowest BCUT2D eigenvalue weighted by Crippen LogP contribution is -2.37. The van der Waals surface area contributed by atoms with Gasteiger partial charge < -0.3 is 34.3 Å². The second kappa shape index (κ2) is 19.5. The summed E-state index contributed by atoms with van der Waals surface area (Å²) in [7, 11) is 1.60. The van der Waals surface area contributed by atoms with Crippen LogP contribution in [0.25, 0.3) is 21.8 Å². The van der Waals surface area contributed by atoms with E-state index in [0.29, 0.717) is 59.8 Å². The molecule has 55 heavy (non-hydrogen) atoms. The number of nitrogens with zero attached hydrogens (tertiary/aromatic N) is 5. The monoisotopic (exact) mass is 833 g/mol. The number of hydrogen-bond donors (Lipinski definition) is 2. The van der Waals surface area contributed by atoms with E-state index in [1.165, 1.54) is 18.5 Å². The van der Waals surface area contributed by atoms with Gasteiger partial charge >= 0.3 is 0 Å². The highest BCUT2D eigenvalue weighted by Gasteiger charge is 2.15. The Balaban J connectivity index is 0.000000193. The van der Waals surface area contributed by atoms with Gasteiger partial charge in [-0.05, 0) is 68.8 Å². The van der Waals surface area contributed by atoms with Gasteiger partial charge in [-0.1, -0.05) is 33.6 Å². The number of morpholine rings is 1. The number of methoxy groups -OCH3 is 1. The molecule has 0 amide bonds. The summed E-state index contributed by atoms with van der Waals surface area (Å²) < 4.78 is 42.7. The van der Waals surface area contributed by atoms with Gasteiger partial charge in [-0.3, -0.25) is 4.90 Å². The van der Waals surface area contributed by atoms with Crippen LogP contribution >= 0.6 is 27.5 Å². The second-order valence-corrected chi connectivity index (χ2v) is 13.5. The maximum atomic E-state index is 13.5. The van der Waals surface area contributed by atoms with Crippen molar-refractivity contribution in [3.05, 3.63) is 94.7 Å². The van der Waals surface area contributed by atoms with Gasteiger partial charge in [0.2, 0.25) is 0 Å². The van der Waals surface area contributed by atoms with Crippen LogP contribution in [-0.2, 0) is 4.74 Å². The minimum atomic E-state index is -0.475. The lowest BCUT2D eigenvalue weighted by molar-refractivity contribution is 0.0357. The average molecular weight is 835 g/mol. The Labute approximate surface area is 332 Å². The molecule has 1 saturated heterocycles. The third-order valence-electron chi connectivity index (χ3n) is 8.47. The molecule has 1 fully saturated rings. The van der Waals surface area contributed by atoms with Crippen LogP contribution in [0.1, 0.15) is 20.3 Å². The van der Waals surface area contributed by atoms with Crippen LogP contribution in [0.4, 0.5) is 27.4 Å². The number of fused-ring (bicyclic) bond motifs is 2. The smallest absolute Gasteiger partial charge is 0.163 e. The molecule has 1 aliphatic rings. The average Bonchev–Trinajstić information content (AvgIpc) is 3.19. The Bertz CT molecular complexity index is 2210. The number of hydrogen-bond acceptors (Lipinski definition) is 12. The van der Waals surface area contributed by atoms with Crippen molar-refractivity contribution in [2.45, 2.75) is 20.3 Å². The quantitative estimate of drug-likeness (QED) is 0.102. The van der Waals surface area contributed by atoms with Crippen molar-refractivity contribution in [2.75, 3.05) is 70.4 Å². The molecule has 0 spiro atoms. The molecule has 0 saturated carbocycles. The van der Waals surface area contributed by atoms with Crippen molar-refractivity contribution in [1.82, 2.24) is 24.8 Å². The third-order valence-corrected chi connectivity index (χ3v) is 9.25. The molecule has 3 heterocycles. The standard InChI is InChI=1S/C22H24ClFN4O3.C18H18BrN3O2/c1-29-20-13-19-16(12-21(20)31-8-2-5-28-6-9-30-10-7-28)22(26-14-25-19)27-15-3-4-18(24)17(23)11-15;1-3-23-16-9-14-15(10-17(16)24-4-2)20-11-21-18(14)22-13-7-5-6-12(19)8-13/h3-4,11-14H,2,5-10H2,1H3,(H,25,26,27);5-11H,3-4H2,1-2H3,(H,20,21,22). The SMILES string of the molecule is CCOc1cc2ncnc(Nc3cccc(Br)c3)c2cc1OCC.COc1cc2ncnc(Nc3ccc(F)c(Cl)c3)c2cc1OCCCN1CCOCC1. The Morgan fingerprint density at radius 3 is 1.96 bits per heavy atom. The Morgan fingerprint density at radius 2 is 1.36 bits per heavy atom. The van der Waals surface area contributed by atoms with Gasteiger partial charge in [-0.15, -0.1) is 0 Å². The summed E-state index contributed by atoms with van der Waals surface area (Å²) in [5.74, 6) is 3.42. The number of nitrogens with one attached hydrogen (secondary N) is 2. The summed E-state index contributed by atoms with van der Waals surface area (Å²) in [4.78, 5) is 19.8. The molecule has 2 aromatic heterocycles. The molecular formula is C40H42BrClFN7O5. The predicted molar refractivity (Wildman–Crippen MR) is 217 cm³/mol. The molecule has 0 radical (unpaired) electrons. The number of ether oxygens (including phenoxy) is 5. The van der Waals surface area contributed by atoms with E-state index < -0.39 is 5.82 Å². The van der Waals surface area contributed by atoms with E-state index in [0.717, 1.165) is 71.5 Å². The highest BCUT2D eigenvalue weighted by molar-refractivity contribution is 9.10. The minimum Gasteiger partial charge on any atom is -0.493 e. The molecule has 0 bridgehead atoms. The molecular weight excluding hydrogens is 793 g/mol. The summed E-state index contributed by atoms with van der Waals surface area (Å²) >= 11 is 9.37. The fourth-order valence-corrected chi connectivity index (χ4v) is 6.42. The predicted octanol–water partition coefficient (Wildman–Crippen LogP) is 9.21. The first-order chi connectivity index (χ1) is 26.8. The van der Waals surface area contributed by atoms with Gasteiger partial charge in [0, 0.05) is 58.4 Å². The first-order valence-corrected chi connectivity index (χ1v) is 19.1. The number of rotatable bonds is 14. The maximum absolute atomic E-state index is 13.5. The number of aromatic nitrogens is 4. The first kappa shape index (κ1) is 39.7. The summed E-state index contributed by atoms with van der Waals surface area (Å²) in [5.41, 5.74) is 3.06. The van der Waals surface area contributed by atoms with Crippen molar-refractivity contribution in [3.63, 3.8) is 0 Å². The number of halogens is 3. The minimum absolute atomic E-state index is 0.0364. The van der Waals surface area contributed by atoms with Crippen molar-refractivity contribution in [3.8, 4) is 23.0 Å². The molecule has 7 rings (SSSR count). The van der Waals surface area contributed by atoms with Crippen molar-refractivity contribution in [1.29, 1.82) is 0 Å². The lowest BCUT2D eigenvalue weighted by atomic mass is 10.2. The van der Waals surface area contributed by atoms with Crippen LogP contribution in [-0.4, -0.2) is 84.6 Å².